The molecular weight excluding hydrogens is 277 g/mol. The average Bonchev–Trinajstić information content (AvgIpc) is 2.70. The summed E-state index contributed by atoms with van der Waals surface area (Å²) in [6.07, 6.45) is 0. The van der Waals surface area contributed by atoms with Gasteiger partial charge in [0.25, 0.3) is 0 Å². The normalized spacial score (nSPS) is 10.6. The van der Waals surface area contributed by atoms with Crippen LogP contribution < -0.4 is 5.73 Å². The molecule has 0 unspecified atom stereocenters. The Kier molecular flexibility index (Phi) is 3.09. The maximum absolute atomic E-state index is 6.08. The standard InChI is InChI=1S/C10H9BrClN3/c11-6-1-2-9(12)8(3-6)10-4-7(5-13)14-15-10/h1-4H,5,13H2,(H,14,15). The van der Waals surface area contributed by atoms with Crippen molar-refractivity contribution >= 4 is 27.5 Å². The number of nitrogens with one attached hydrogen (secondary N) is 1. The Morgan fingerprint density at radius 1 is 1.40 bits per heavy atom. The third-order valence-electron chi connectivity index (χ3n) is 2.06. The van der Waals surface area contributed by atoms with E-state index in [4.69, 9.17) is 17.3 Å². The Labute approximate surface area is 101 Å². The van der Waals surface area contributed by atoms with Gasteiger partial charge in [-0.15, -0.1) is 0 Å². The number of nitrogens with two attached hydrogens (primary N) is 1. The molecule has 3 nitrogen and oxygen atoms in total. The second-order valence-corrected chi connectivity index (χ2v) is 4.43. The van der Waals surface area contributed by atoms with Gasteiger partial charge in [0.15, 0.2) is 0 Å². The van der Waals surface area contributed by atoms with Crippen molar-refractivity contribution in [3.05, 3.63) is 39.5 Å². The number of halogens is 2. The Balaban J connectivity index is 2.48. The molecule has 0 fully saturated rings. The first kappa shape index (κ1) is 10.7. The van der Waals surface area contributed by atoms with Gasteiger partial charge in [-0.1, -0.05) is 27.5 Å². The fraction of sp³-hybridized carbons (Fsp3) is 0.100. The monoisotopic (exact) mass is 285 g/mol. The van der Waals surface area contributed by atoms with E-state index < -0.39 is 0 Å². The second kappa shape index (κ2) is 4.35. The van der Waals surface area contributed by atoms with Gasteiger partial charge in [-0.05, 0) is 24.3 Å². The SMILES string of the molecule is NCc1cc(-c2cc(Br)ccc2Cl)n[nH]1. The molecule has 0 amide bonds. The van der Waals surface area contributed by atoms with E-state index in [0.29, 0.717) is 11.6 Å². The smallest absolute Gasteiger partial charge is 0.0939 e. The van der Waals surface area contributed by atoms with Crippen molar-refractivity contribution in [3.8, 4) is 11.3 Å². The molecule has 0 atom stereocenters. The summed E-state index contributed by atoms with van der Waals surface area (Å²) in [4.78, 5) is 0. The molecule has 0 aliphatic heterocycles. The highest BCUT2D eigenvalue weighted by Crippen LogP contribution is 2.29. The van der Waals surface area contributed by atoms with E-state index in [1.807, 2.05) is 24.3 Å². The third kappa shape index (κ3) is 2.22. The number of rotatable bonds is 2. The number of aromatic nitrogens is 2. The number of nitrogens with zero attached hydrogens (tertiary/aromatic N) is 1. The van der Waals surface area contributed by atoms with Crippen LogP contribution in [0.3, 0.4) is 0 Å². The van der Waals surface area contributed by atoms with Crippen LogP contribution in [0.4, 0.5) is 0 Å². The summed E-state index contributed by atoms with van der Waals surface area (Å²) in [5, 5.41) is 7.67. The molecule has 5 heteroatoms. The summed E-state index contributed by atoms with van der Waals surface area (Å²) in [5.74, 6) is 0. The highest BCUT2D eigenvalue weighted by molar-refractivity contribution is 9.10. The van der Waals surface area contributed by atoms with Crippen LogP contribution in [-0.4, -0.2) is 10.2 Å². The molecule has 1 heterocycles. The van der Waals surface area contributed by atoms with Crippen molar-refractivity contribution in [1.29, 1.82) is 0 Å². The van der Waals surface area contributed by atoms with Crippen LogP contribution in [0.25, 0.3) is 11.3 Å². The topological polar surface area (TPSA) is 54.7 Å². The molecule has 1 aromatic heterocycles. The molecule has 0 radical (unpaired) electrons. The van der Waals surface area contributed by atoms with Crippen molar-refractivity contribution in [2.45, 2.75) is 6.54 Å². The molecule has 3 N–H and O–H groups in total. The largest absolute Gasteiger partial charge is 0.325 e. The van der Waals surface area contributed by atoms with E-state index in [9.17, 15) is 0 Å². The number of hydrogen-bond acceptors (Lipinski definition) is 2. The third-order valence-corrected chi connectivity index (χ3v) is 2.88. The summed E-state index contributed by atoms with van der Waals surface area (Å²) < 4.78 is 0.971. The van der Waals surface area contributed by atoms with E-state index in [-0.39, 0.29) is 0 Å². The number of aromatic amines is 1. The van der Waals surface area contributed by atoms with E-state index in [1.165, 1.54) is 0 Å². The van der Waals surface area contributed by atoms with E-state index in [2.05, 4.69) is 26.1 Å². The van der Waals surface area contributed by atoms with Crippen LogP contribution in [0.5, 0.6) is 0 Å². The zero-order chi connectivity index (χ0) is 10.8. The lowest BCUT2D eigenvalue weighted by Crippen LogP contribution is -1.95. The zero-order valence-electron chi connectivity index (χ0n) is 7.80. The van der Waals surface area contributed by atoms with Crippen LogP contribution in [-0.2, 0) is 6.54 Å². The van der Waals surface area contributed by atoms with Gasteiger partial charge in [0, 0.05) is 22.3 Å². The number of H-pyrrole nitrogens is 1. The molecule has 0 bridgehead atoms. The van der Waals surface area contributed by atoms with Crippen LogP contribution in [0.2, 0.25) is 5.02 Å². The van der Waals surface area contributed by atoms with Crippen LogP contribution in [0, 0.1) is 0 Å². The molecule has 2 rings (SSSR count). The molecule has 0 saturated carbocycles. The van der Waals surface area contributed by atoms with Gasteiger partial charge in [0.05, 0.1) is 10.7 Å². The summed E-state index contributed by atoms with van der Waals surface area (Å²) in [5.41, 5.74) is 8.08. The minimum absolute atomic E-state index is 0.443. The highest BCUT2D eigenvalue weighted by atomic mass is 79.9. The van der Waals surface area contributed by atoms with E-state index in [0.717, 1.165) is 21.4 Å². The van der Waals surface area contributed by atoms with Crippen molar-refractivity contribution in [3.63, 3.8) is 0 Å². The van der Waals surface area contributed by atoms with Gasteiger partial charge in [0.1, 0.15) is 0 Å². The molecule has 0 spiro atoms. The summed E-state index contributed by atoms with van der Waals surface area (Å²) in [6, 6.07) is 7.55. The van der Waals surface area contributed by atoms with Gasteiger partial charge in [-0.3, -0.25) is 5.10 Å². The first-order valence-corrected chi connectivity index (χ1v) is 5.57. The first-order valence-electron chi connectivity index (χ1n) is 4.40. The molecular formula is C10H9BrClN3. The van der Waals surface area contributed by atoms with Crippen LogP contribution in [0.15, 0.2) is 28.7 Å². The summed E-state index contributed by atoms with van der Waals surface area (Å²) in [7, 11) is 0. The van der Waals surface area contributed by atoms with Crippen molar-refractivity contribution in [1.82, 2.24) is 10.2 Å². The number of hydrogen-bond donors (Lipinski definition) is 2. The molecule has 2 aromatic rings. The molecule has 0 saturated heterocycles. The molecule has 0 aliphatic carbocycles. The lowest BCUT2D eigenvalue weighted by Gasteiger charge is -2.00. The maximum atomic E-state index is 6.08. The van der Waals surface area contributed by atoms with Crippen molar-refractivity contribution in [2.75, 3.05) is 0 Å². The lowest BCUT2D eigenvalue weighted by molar-refractivity contribution is 0.948. The average molecular weight is 287 g/mol. The van der Waals surface area contributed by atoms with Gasteiger partial charge >= 0.3 is 0 Å². The molecule has 0 aliphatic rings. The highest BCUT2D eigenvalue weighted by Gasteiger charge is 2.07. The van der Waals surface area contributed by atoms with Gasteiger partial charge in [-0.25, -0.2) is 0 Å². The van der Waals surface area contributed by atoms with Crippen LogP contribution >= 0.6 is 27.5 Å². The number of benzene rings is 1. The Morgan fingerprint density at radius 2 is 2.20 bits per heavy atom. The zero-order valence-corrected chi connectivity index (χ0v) is 10.1. The van der Waals surface area contributed by atoms with Crippen molar-refractivity contribution in [2.24, 2.45) is 5.73 Å². The summed E-state index contributed by atoms with van der Waals surface area (Å²) in [6.45, 7) is 0.443. The fourth-order valence-corrected chi connectivity index (χ4v) is 1.87. The minimum atomic E-state index is 0.443. The summed E-state index contributed by atoms with van der Waals surface area (Å²) >= 11 is 9.47. The van der Waals surface area contributed by atoms with Crippen molar-refractivity contribution < 1.29 is 0 Å². The Bertz CT molecular complexity index is 481. The predicted octanol–water partition coefficient (Wildman–Crippen LogP) is 2.95. The van der Waals surface area contributed by atoms with Gasteiger partial charge in [0.2, 0.25) is 0 Å². The van der Waals surface area contributed by atoms with Crippen LogP contribution in [0.1, 0.15) is 5.69 Å². The Hall–Kier alpha value is -0.840. The fourth-order valence-electron chi connectivity index (χ4n) is 1.30. The first-order chi connectivity index (χ1) is 7.20. The predicted molar refractivity (Wildman–Crippen MR) is 64.6 cm³/mol. The van der Waals surface area contributed by atoms with E-state index >= 15 is 0 Å². The second-order valence-electron chi connectivity index (χ2n) is 3.11. The maximum Gasteiger partial charge on any atom is 0.0939 e. The Morgan fingerprint density at radius 3 is 2.87 bits per heavy atom. The lowest BCUT2D eigenvalue weighted by atomic mass is 10.1. The van der Waals surface area contributed by atoms with E-state index in [1.54, 1.807) is 0 Å². The molecule has 78 valence electrons. The minimum Gasteiger partial charge on any atom is -0.325 e. The van der Waals surface area contributed by atoms with Gasteiger partial charge in [-0.2, -0.15) is 5.10 Å². The quantitative estimate of drug-likeness (QED) is 0.892. The molecule has 1 aromatic carbocycles. The molecule has 15 heavy (non-hydrogen) atoms. The van der Waals surface area contributed by atoms with Gasteiger partial charge < -0.3 is 5.73 Å².